The van der Waals surface area contributed by atoms with Crippen LogP contribution in [0.4, 0.5) is 0 Å². The van der Waals surface area contributed by atoms with Crippen molar-refractivity contribution in [3.8, 4) is 0 Å². The molecule has 0 aliphatic carbocycles. The Morgan fingerprint density at radius 1 is 1.40 bits per heavy atom. The van der Waals surface area contributed by atoms with Crippen LogP contribution in [0.2, 0.25) is 0 Å². The van der Waals surface area contributed by atoms with Gasteiger partial charge < -0.3 is 11.1 Å². The summed E-state index contributed by atoms with van der Waals surface area (Å²) in [6.45, 7) is 2.41. The van der Waals surface area contributed by atoms with Crippen LogP contribution in [0.15, 0.2) is 35.7 Å². The quantitative estimate of drug-likeness (QED) is 0.892. The molecule has 2 rings (SSSR count). The van der Waals surface area contributed by atoms with Gasteiger partial charge in [0.15, 0.2) is 0 Å². The second-order valence-electron chi connectivity index (χ2n) is 4.18. The average Bonchev–Trinajstić information content (AvgIpc) is 2.94. The molecule has 6 heteroatoms. The van der Waals surface area contributed by atoms with E-state index in [2.05, 4.69) is 10.3 Å². The van der Waals surface area contributed by atoms with Gasteiger partial charge in [-0.3, -0.25) is 4.79 Å². The lowest BCUT2D eigenvalue weighted by Crippen LogP contribution is -2.28. The number of benzene rings is 1. The Labute approximate surface area is 128 Å². The molecule has 0 spiro atoms. The first-order chi connectivity index (χ1) is 9.24. The van der Waals surface area contributed by atoms with E-state index in [0.717, 1.165) is 17.0 Å². The van der Waals surface area contributed by atoms with Gasteiger partial charge in [-0.1, -0.05) is 37.3 Å². The Balaban J connectivity index is 0.00000200. The van der Waals surface area contributed by atoms with Crippen LogP contribution in [0.3, 0.4) is 0 Å². The largest absolute Gasteiger partial charge is 0.344 e. The smallest absolute Gasteiger partial charge is 0.271 e. The third kappa shape index (κ3) is 4.03. The topological polar surface area (TPSA) is 68.0 Å². The highest BCUT2D eigenvalue weighted by Gasteiger charge is 2.15. The first-order valence-electron chi connectivity index (χ1n) is 6.25. The van der Waals surface area contributed by atoms with Crippen LogP contribution in [0.25, 0.3) is 0 Å². The normalized spacial score (nSPS) is 11.5. The Hall–Kier alpha value is -1.43. The van der Waals surface area contributed by atoms with E-state index in [1.807, 2.05) is 37.3 Å². The number of carbonyl (C=O) groups is 1. The summed E-state index contributed by atoms with van der Waals surface area (Å²) in [4.78, 5) is 16.3. The van der Waals surface area contributed by atoms with Crippen molar-refractivity contribution >= 4 is 29.7 Å². The highest BCUT2D eigenvalue weighted by Crippen LogP contribution is 2.17. The second-order valence-corrected chi connectivity index (χ2v) is 5.12. The Kier molecular flexibility index (Phi) is 6.64. The van der Waals surface area contributed by atoms with Crippen LogP contribution in [-0.2, 0) is 6.54 Å². The summed E-state index contributed by atoms with van der Waals surface area (Å²) in [6, 6.07) is 9.95. The van der Waals surface area contributed by atoms with Crippen molar-refractivity contribution in [3.63, 3.8) is 0 Å². The third-order valence-electron chi connectivity index (χ3n) is 2.87. The summed E-state index contributed by atoms with van der Waals surface area (Å²) >= 11 is 1.41. The molecule has 1 unspecified atom stereocenters. The van der Waals surface area contributed by atoms with Gasteiger partial charge >= 0.3 is 0 Å². The molecule has 0 saturated heterocycles. The molecule has 1 atom stereocenters. The zero-order valence-electron chi connectivity index (χ0n) is 11.2. The number of amides is 1. The highest BCUT2D eigenvalue weighted by molar-refractivity contribution is 7.09. The maximum atomic E-state index is 12.1. The number of nitrogens with one attached hydrogen (secondary N) is 1. The molecule has 4 nitrogen and oxygen atoms in total. The number of nitrogens with two attached hydrogens (primary N) is 1. The van der Waals surface area contributed by atoms with Crippen LogP contribution in [0.1, 0.15) is 40.4 Å². The van der Waals surface area contributed by atoms with E-state index in [4.69, 9.17) is 5.73 Å². The molecule has 3 N–H and O–H groups in total. The molecule has 2 aromatic rings. The zero-order valence-corrected chi connectivity index (χ0v) is 12.8. The molecule has 0 aliphatic heterocycles. The van der Waals surface area contributed by atoms with Gasteiger partial charge in [-0.25, -0.2) is 4.98 Å². The molecule has 0 aliphatic rings. The van der Waals surface area contributed by atoms with Gasteiger partial charge in [0.1, 0.15) is 10.7 Å². The van der Waals surface area contributed by atoms with Crippen LogP contribution >= 0.6 is 23.7 Å². The summed E-state index contributed by atoms with van der Waals surface area (Å²) < 4.78 is 0. The third-order valence-corrected chi connectivity index (χ3v) is 3.75. The van der Waals surface area contributed by atoms with E-state index < -0.39 is 0 Å². The number of aromatic nitrogens is 1. The van der Waals surface area contributed by atoms with E-state index in [9.17, 15) is 4.79 Å². The predicted molar refractivity (Wildman–Crippen MR) is 84.2 cm³/mol. The summed E-state index contributed by atoms with van der Waals surface area (Å²) in [5, 5.41) is 5.52. The van der Waals surface area contributed by atoms with Gasteiger partial charge in [0, 0.05) is 11.9 Å². The number of hydrogen-bond donors (Lipinski definition) is 2. The van der Waals surface area contributed by atoms with Gasteiger partial charge in [0.05, 0.1) is 6.04 Å². The van der Waals surface area contributed by atoms with E-state index in [0.29, 0.717) is 12.2 Å². The molecular weight excluding hydrogens is 294 g/mol. The number of carbonyl (C=O) groups excluding carboxylic acids is 1. The molecule has 0 bridgehead atoms. The average molecular weight is 312 g/mol. The molecule has 1 amide bonds. The van der Waals surface area contributed by atoms with Crippen LogP contribution < -0.4 is 11.1 Å². The first kappa shape index (κ1) is 16.6. The van der Waals surface area contributed by atoms with Gasteiger partial charge in [0.25, 0.3) is 5.91 Å². The number of rotatable bonds is 5. The van der Waals surface area contributed by atoms with Crippen molar-refractivity contribution < 1.29 is 4.79 Å². The number of nitrogens with zero attached hydrogens (tertiary/aromatic N) is 1. The SMILES string of the molecule is CCC(NC(=O)c1csc(CN)n1)c1ccccc1.Cl. The molecule has 1 aromatic carbocycles. The molecule has 20 heavy (non-hydrogen) atoms. The van der Waals surface area contributed by atoms with Crippen molar-refractivity contribution in [2.24, 2.45) is 5.73 Å². The highest BCUT2D eigenvalue weighted by atomic mass is 35.5. The first-order valence-corrected chi connectivity index (χ1v) is 7.12. The zero-order chi connectivity index (χ0) is 13.7. The van der Waals surface area contributed by atoms with E-state index in [1.165, 1.54) is 11.3 Å². The van der Waals surface area contributed by atoms with Crippen molar-refractivity contribution in [3.05, 3.63) is 52.0 Å². The molecule has 108 valence electrons. The molecule has 1 heterocycles. The van der Waals surface area contributed by atoms with Gasteiger partial charge in [-0.15, -0.1) is 23.7 Å². The van der Waals surface area contributed by atoms with E-state index in [1.54, 1.807) is 5.38 Å². The van der Waals surface area contributed by atoms with Crippen LogP contribution in [-0.4, -0.2) is 10.9 Å². The maximum absolute atomic E-state index is 12.1. The monoisotopic (exact) mass is 311 g/mol. The van der Waals surface area contributed by atoms with Gasteiger partial charge in [0.2, 0.25) is 0 Å². The summed E-state index contributed by atoms with van der Waals surface area (Å²) in [6.07, 6.45) is 0.837. The van der Waals surface area contributed by atoms with E-state index in [-0.39, 0.29) is 24.4 Å². The van der Waals surface area contributed by atoms with Gasteiger partial charge in [-0.2, -0.15) is 0 Å². The van der Waals surface area contributed by atoms with E-state index >= 15 is 0 Å². The number of hydrogen-bond acceptors (Lipinski definition) is 4. The predicted octanol–water partition coefficient (Wildman–Crippen LogP) is 2.90. The molecule has 0 saturated carbocycles. The lowest BCUT2D eigenvalue weighted by molar-refractivity contribution is 0.0931. The lowest BCUT2D eigenvalue weighted by Gasteiger charge is -2.16. The second kappa shape index (κ2) is 7.99. The fourth-order valence-corrected chi connectivity index (χ4v) is 2.50. The minimum absolute atomic E-state index is 0. The lowest BCUT2D eigenvalue weighted by atomic mass is 10.0. The fraction of sp³-hybridized carbons (Fsp3) is 0.286. The van der Waals surface area contributed by atoms with Crippen LogP contribution in [0.5, 0.6) is 0 Å². The summed E-state index contributed by atoms with van der Waals surface area (Å²) in [7, 11) is 0. The number of halogens is 1. The molecule has 0 fully saturated rings. The Morgan fingerprint density at radius 3 is 2.65 bits per heavy atom. The van der Waals surface area contributed by atoms with Gasteiger partial charge in [-0.05, 0) is 12.0 Å². The summed E-state index contributed by atoms with van der Waals surface area (Å²) in [5.74, 6) is -0.147. The van der Waals surface area contributed by atoms with Crippen LogP contribution in [0, 0.1) is 0 Å². The van der Waals surface area contributed by atoms with Crippen molar-refractivity contribution in [2.75, 3.05) is 0 Å². The molecule has 1 aromatic heterocycles. The fourth-order valence-electron chi connectivity index (χ4n) is 1.85. The molecule has 0 radical (unpaired) electrons. The number of thiazole rings is 1. The maximum Gasteiger partial charge on any atom is 0.271 e. The Morgan fingerprint density at radius 2 is 2.10 bits per heavy atom. The standard InChI is InChI=1S/C14H17N3OS.ClH/c1-2-11(10-6-4-3-5-7-10)17-14(18)12-9-19-13(8-15)16-12;/h3-7,9,11H,2,8,15H2,1H3,(H,17,18);1H. The minimum atomic E-state index is -0.147. The Bertz CT molecular complexity index is 544. The summed E-state index contributed by atoms with van der Waals surface area (Å²) in [5.41, 5.74) is 7.05. The minimum Gasteiger partial charge on any atom is -0.344 e. The molecular formula is C14H18ClN3OS. The van der Waals surface area contributed by atoms with Crippen molar-refractivity contribution in [2.45, 2.75) is 25.9 Å². The van der Waals surface area contributed by atoms with Crippen molar-refractivity contribution in [1.82, 2.24) is 10.3 Å². The van der Waals surface area contributed by atoms with Crippen molar-refractivity contribution in [1.29, 1.82) is 0 Å².